The van der Waals surface area contributed by atoms with E-state index in [0.717, 1.165) is 36.8 Å². The minimum Gasteiger partial charge on any atom is -0.490 e. The predicted molar refractivity (Wildman–Crippen MR) is 76.0 cm³/mol. The van der Waals surface area contributed by atoms with Gasteiger partial charge in [0.1, 0.15) is 0 Å². The number of benzene rings is 1. The zero-order chi connectivity index (χ0) is 12.4. The van der Waals surface area contributed by atoms with Crippen LogP contribution in [-0.4, -0.2) is 30.3 Å². The van der Waals surface area contributed by atoms with Gasteiger partial charge in [-0.3, -0.25) is 0 Å². The predicted octanol–water partition coefficient (Wildman–Crippen LogP) is 3.15. The molecule has 0 aliphatic carbocycles. The van der Waals surface area contributed by atoms with E-state index < -0.39 is 0 Å². The van der Waals surface area contributed by atoms with Crippen LogP contribution < -0.4 is 14.8 Å². The Morgan fingerprint density at radius 1 is 1.22 bits per heavy atom. The summed E-state index contributed by atoms with van der Waals surface area (Å²) in [4.78, 5) is 0. The van der Waals surface area contributed by atoms with Crippen molar-refractivity contribution in [2.45, 2.75) is 31.1 Å². The van der Waals surface area contributed by atoms with Gasteiger partial charge in [-0.15, -0.1) is 0 Å². The van der Waals surface area contributed by atoms with E-state index in [1.54, 1.807) is 0 Å². The van der Waals surface area contributed by atoms with E-state index in [9.17, 15) is 0 Å². The van der Waals surface area contributed by atoms with Crippen LogP contribution in [-0.2, 0) is 0 Å². The van der Waals surface area contributed by atoms with Crippen molar-refractivity contribution in [1.82, 2.24) is 0 Å². The van der Waals surface area contributed by atoms with Gasteiger partial charge in [0, 0.05) is 29.5 Å². The first-order valence-electron chi connectivity index (χ1n) is 6.61. The summed E-state index contributed by atoms with van der Waals surface area (Å²) in [6.45, 7) is 3.78. The summed E-state index contributed by atoms with van der Waals surface area (Å²) in [6.07, 6.45) is 2.19. The smallest absolute Gasteiger partial charge is 0.163 e. The monoisotopic (exact) mass is 265 g/mol. The van der Waals surface area contributed by atoms with Crippen molar-refractivity contribution in [3.63, 3.8) is 0 Å². The lowest BCUT2D eigenvalue weighted by atomic mass is 10.1. The molecule has 3 rings (SSSR count). The average Bonchev–Trinajstić information content (AvgIpc) is 2.65. The highest BCUT2D eigenvalue weighted by Crippen LogP contribution is 2.34. The topological polar surface area (TPSA) is 30.5 Å². The highest BCUT2D eigenvalue weighted by molar-refractivity contribution is 8.00. The summed E-state index contributed by atoms with van der Waals surface area (Å²) < 4.78 is 11.3. The van der Waals surface area contributed by atoms with Gasteiger partial charge in [-0.05, 0) is 24.3 Å². The summed E-state index contributed by atoms with van der Waals surface area (Å²) in [5, 5.41) is 4.29. The Kier molecular flexibility index (Phi) is 3.55. The molecular formula is C14H19NO2S. The van der Waals surface area contributed by atoms with Gasteiger partial charge in [0.2, 0.25) is 0 Å². The van der Waals surface area contributed by atoms with E-state index >= 15 is 0 Å². The van der Waals surface area contributed by atoms with Crippen LogP contribution in [0.25, 0.3) is 0 Å². The first-order chi connectivity index (χ1) is 8.83. The molecule has 0 bridgehead atoms. The second-order valence-electron chi connectivity index (χ2n) is 4.83. The van der Waals surface area contributed by atoms with E-state index in [2.05, 4.69) is 24.4 Å². The number of anilines is 1. The van der Waals surface area contributed by atoms with Gasteiger partial charge in [0.25, 0.3) is 0 Å². The molecule has 3 nitrogen and oxygen atoms in total. The number of hydrogen-bond acceptors (Lipinski definition) is 4. The van der Waals surface area contributed by atoms with Crippen LogP contribution in [0.3, 0.4) is 0 Å². The Morgan fingerprint density at radius 2 is 2.06 bits per heavy atom. The molecule has 1 aromatic carbocycles. The molecule has 2 aliphatic heterocycles. The van der Waals surface area contributed by atoms with Crippen LogP contribution in [0.5, 0.6) is 11.5 Å². The molecule has 1 N–H and O–H groups in total. The van der Waals surface area contributed by atoms with Crippen LogP contribution in [0.4, 0.5) is 5.69 Å². The molecule has 1 aromatic rings. The van der Waals surface area contributed by atoms with Crippen molar-refractivity contribution in [2.24, 2.45) is 0 Å². The van der Waals surface area contributed by atoms with Gasteiger partial charge >= 0.3 is 0 Å². The molecule has 2 unspecified atom stereocenters. The van der Waals surface area contributed by atoms with Crippen molar-refractivity contribution < 1.29 is 9.47 Å². The molecule has 1 saturated heterocycles. The van der Waals surface area contributed by atoms with E-state index in [0.29, 0.717) is 11.3 Å². The zero-order valence-electron chi connectivity index (χ0n) is 10.6. The number of thioether (sulfide) groups is 1. The van der Waals surface area contributed by atoms with Crippen LogP contribution >= 0.6 is 11.8 Å². The Hall–Kier alpha value is -1.03. The van der Waals surface area contributed by atoms with Crippen LogP contribution in [0.2, 0.25) is 0 Å². The number of fused-ring (bicyclic) bond motifs is 1. The van der Waals surface area contributed by atoms with Crippen molar-refractivity contribution in [1.29, 1.82) is 0 Å². The molecule has 1 fully saturated rings. The standard InChI is InChI=1S/C14H19NO2S/c1-10-12(5-8-18-10)15-11-3-4-13-14(9-11)17-7-2-6-16-13/h3-4,9-10,12,15H,2,5-8H2,1H3. The largest absolute Gasteiger partial charge is 0.490 e. The third-order valence-corrected chi connectivity index (χ3v) is 4.80. The molecule has 18 heavy (non-hydrogen) atoms. The molecular weight excluding hydrogens is 246 g/mol. The zero-order valence-corrected chi connectivity index (χ0v) is 11.5. The van der Waals surface area contributed by atoms with Crippen molar-refractivity contribution >= 4 is 17.4 Å². The maximum absolute atomic E-state index is 5.71. The summed E-state index contributed by atoms with van der Waals surface area (Å²) in [7, 11) is 0. The first kappa shape index (κ1) is 12.0. The molecule has 0 radical (unpaired) electrons. The van der Waals surface area contributed by atoms with Gasteiger partial charge in [-0.1, -0.05) is 6.92 Å². The van der Waals surface area contributed by atoms with Crippen molar-refractivity contribution in [2.75, 3.05) is 24.3 Å². The maximum Gasteiger partial charge on any atom is 0.163 e. The van der Waals surface area contributed by atoms with Gasteiger partial charge in [-0.2, -0.15) is 11.8 Å². The summed E-state index contributed by atoms with van der Waals surface area (Å²) in [5.74, 6) is 2.99. The lowest BCUT2D eigenvalue weighted by Crippen LogP contribution is -2.24. The van der Waals surface area contributed by atoms with Crippen LogP contribution in [0.1, 0.15) is 19.8 Å². The molecule has 0 amide bonds. The Bertz CT molecular complexity index is 424. The fourth-order valence-corrected chi connectivity index (χ4v) is 3.59. The summed E-state index contributed by atoms with van der Waals surface area (Å²) in [5.41, 5.74) is 1.14. The van der Waals surface area contributed by atoms with Gasteiger partial charge in [0.15, 0.2) is 11.5 Å². The third kappa shape index (κ3) is 2.53. The average molecular weight is 265 g/mol. The molecule has 2 atom stereocenters. The Balaban J connectivity index is 1.75. The lowest BCUT2D eigenvalue weighted by molar-refractivity contribution is 0.297. The number of nitrogens with one attached hydrogen (secondary N) is 1. The molecule has 98 valence electrons. The first-order valence-corrected chi connectivity index (χ1v) is 7.65. The van der Waals surface area contributed by atoms with Gasteiger partial charge in [-0.25, -0.2) is 0 Å². The molecule has 0 spiro atoms. The fourth-order valence-electron chi connectivity index (χ4n) is 2.39. The third-order valence-electron chi connectivity index (χ3n) is 3.48. The van der Waals surface area contributed by atoms with Crippen molar-refractivity contribution in [3.8, 4) is 11.5 Å². The molecule has 4 heteroatoms. The second kappa shape index (κ2) is 5.31. The Labute approximate surface area is 112 Å². The quantitative estimate of drug-likeness (QED) is 0.890. The van der Waals surface area contributed by atoms with E-state index in [-0.39, 0.29) is 0 Å². The lowest BCUT2D eigenvalue weighted by Gasteiger charge is -2.19. The molecule has 2 aliphatic rings. The Morgan fingerprint density at radius 3 is 2.83 bits per heavy atom. The minimum absolute atomic E-state index is 0.569. The number of ether oxygens (including phenoxy) is 2. The highest BCUT2D eigenvalue weighted by atomic mass is 32.2. The fraction of sp³-hybridized carbons (Fsp3) is 0.571. The number of rotatable bonds is 2. The van der Waals surface area contributed by atoms with E-state index in [4.69, 9.17) is 9.47 Å². The summed E-state index contributed by atoms with van der Waals surface area (Å²) in [6, 6.07) is 6.73. The van der Waals surface area contributed by atoms with Crippen LogP contribution in [0, 0.1) is 0 Å². The minimum atomic E-state index is 0.569. The second-order valence-corrected chi connectivity index (χ2v) is 6.31. The normalized spacial score (nSPS) is 26.7. The molecule has 2 heterocycles. The van der Waals surface area contributed by atoms with E-state index in [1.165, 1.54) is 12.2 Å². The maximum atomic E-state index is 5.71. The summed E-state index contributed by atoms with van der Waals surface area (Å²) >= 11 is 2.04. The SMILES string of the molecule is CC1SCCC1Nc1ccc2c(c1)OCCCO2. The molecule has 0 aromatic heterocycles. The van der Waals surface area contributed by atoms with Crippen molar-refractivity contribution in [3.05, 3.63) is 18.2 Å². The van der Waals surface area contributed by atoms with Gasteiger partial charge in [0.05, 0.1) is 13.2 Å². The van der Waals surface area contributed by atoms with E-state index in [1.807, 2.05) is 17.8 Å². The highest BCUT2D eigenvalue weighted by Gasteiger charge is 2.24. The number of hydrogen-bond donors (Lipinski definition) is 1. The molecule has 0 saturated carbocycles. The van der Waals surface area contributed by atoms with Gasteiger partial charge < -0.3 is 14.8 Å². The van der Waals surface area contributed by atoms with Crippen LogP contribution in [0.15, 0.2) is 18.2 Å².